The van der Waals surface area contributed by atoms with Crippen LogP contribution in [0.3, 0.4) is 0 Å². The number of hydrazone groups is 1. The van der Waals surface area contributed by atoms with Gasteiger partial charge in [-0.2, -0.15) is 10.1 Å². The Bertz CT molecular complexity index is 1330. The number of hydrogen-bond acceptors (Lipinski definition) is 5. The molecule has 6 nitrogen and oxygen atoms in total. The zero-order valence-electron chi connectivity index (χ0n) is 19.0. The first-order valence-electron chi connectivity index (χ1n) is 11.3. The van der Waals surface area contributed by atoms with Crippen LogP contribution in [0.5, 0.6) is 0 Å². The van der Waals surface area contributed by atoms with Crippen molar-refractivity contribution in [2.45, 2.75) is 31.1 Å². The number of aryl methyl sites for hydroxylation is 1. The van der Waals surface area contributed by atoms with Crippen LogP contribution >= 0.6 is 11.8 Å². The van der Waals surface area contributed by atoms with Crippen LogP contribution in [0.25, 0.3) is 0 Å². The van der Waals surface area contributed by atoms with Crippen molar-refractivity contribution in [2.24, 2.45) is 10.1 Å². The van der Waals surface area contributed by atoms with E-state index in [9.17, 15) is 14.0 Å². The van der Waals surface area contributed by atoms with Crippen LogP contribution < -0.4 is 5.32 Å². The molecule has 176 valence electrons. The molecule has 3 aromatic rings. The molecule has 0 saturated heterocycles. The van der Waals surface area contributed by atoms with E-state index in [1.807, 2.05) is 65.7 Å². The minimum Gasteiger partial charge on any atom is -0.326 e. The summed E-state index contributed by atoms with van der Waals surface area (Å²) >= 11 is 1.25. The van der Waals surface area contributed by atoms with Crippen molar-refractivity contribution in [3.63, 3.8) is 0 Å². The molecule has 0 spiro atoms. The van der Waals surface area contributed by atoms with Gasteiger partial charge in [-0.1, -0.05) is 72.4 Å². The highest BCUT2D eigenvalue weighted by atomic mass is 32.2. The second kappa shape index (κ2) is 9.84. The Balaban J connectivity index is 1.32. The fourth-order valence-corrected chi connectivity index (χ4v) is 5.20. The van der Waals surface area contributed by atoms with Gasteiger partial charge in [0.15, 0.2) is 5.17 Å². The lowest BCUT2D eigenvalue weighted by Gasteiger charge is -2.23. The van der Waals surface area contributed by atoms with Gasteiger partial charge in [-0.15, -0.1) is 0 Å². The number of rotatable bonds is 5. The van der Waals surface area contributed by atoms with E-state index >= 15 is 0 Å². The van der Waals surface area contributed by atoms with E-state index in [4.69, 9.17) is 5.10 Å². The van der Waals surface area contributed by atoms with Gasteiger partial charge in [-0.25, -0.2) is 9.40 Å². The third-order valence-electron chi connectivity index (χ3n) is 5.94. The highest BCUT2D eigenvalue weighted by Gasteiger charge is 2.39. The van der Waals surface area contributed by atoms with Crippen LogP contribution in [0, 0.1) is 12.7 Å². The molecule has 35 heavy (non-hydrogen) atoms. The van der Waals surface area contributed by atoms with Crippen LogP contribution in [0.2, 0.25) is 0 Å². The summed E-state index contributed by atoms with van der Waals surface area (Å²) in [4.78, 5) is 29.6. The molecule has 2 aliphatic heterocycles. The second-order valence-corrected chi connectivity index (χ2v) is 9.61. The van der Waals surface area contributed by atoms with E-state index in [0.29, 0.717) is 22.8 Å². The van der Waals surface area contributed by atoms with E-state index in [0.717, 1.165) is 16.8 Å². The summed E-state index contributed by atoms with van der Waals surface area (Å²) in [6, 6.07) is 24.2. The van der Waals surface area contributed by atoms with E-state index < -0.39 is 5.25 Å². The number of amides is 2. The number of hydrogen-bond donors (Lipinski definition) is 1. The summed E-state index contributed by atoms with van der Waals surface area (Å²) in [5, 5.41) is 9.24. The number of nitrogens with zero attached hydrogens (tertiary/aromatic N) is 3. The first-order chi connectivity index (χ1) is 17.0. The zero-order valence-corrected chi connectivity index (χ0v) is 19.8. The third kappa shape index (κ3) is 5.02. The second-order valence-electron chi connectivity index (χ2n) is 8.44. The number of nitrogens with one attached hydrogen (secondary N) is 1. The Morgan fingerprint density at radius 3 is 2.51 bits per heavy atom. The lowest BCUT2D eigenvalue weighted by Crippen LogP contribution is -2.25. The van der Waals surface area contributed by atoms with E-state index in [-0.39, 0.29) is 30.1 Å². The van der Waals surface area contributed by atoms with Crippen LogP contribution in [0.4, 0.5) is 10.1 Å². The predicted octanol–water partition coefficient (Wildman–Crippen LogP) is 5.31. The number of benzene rings is 3. The lowest BCUT2D eigenvalue weighted by atomic mass is 9.99. The summed E-state index contributed by atoms with van der Waals surface area (Å²) in [7, 11) is 0. The van der Waals surface area contributed by atoms with E-state index in [2.05, 4.69) is 10.3 Å². The van der Waals surface area contributed by atoms with Crippen LogP contribution in [0.1, 0.15) is 35.6 Å². The molecular weight excluding hydrogens is 463 g/mol. The molecule has 5 rings (SSSR count). The lowest BCUT2D eigenvalue weighted by molar-refractivity contribution is -0.121. The number of halogens is 1. The molecule has 0 radical (unpaired) electrons. The van der Waals surface area contributed by atoms with Crippen molar-refractivity contribution < 1.29 is 14.0 Å². The normalized spacial score (nSPS) is 19.5. The molecule has 0 aromatic heterocycles. The fourth-order valence-electron chi connectivity index (χ4n) is 4.13. The Kier molecular flexibility index (Phi) is 6.46. The molecule has 2 atom stereocenters. The van der Waals surface area contributed by atoms with Crippen molar-refractivity contribution in [3.8, 4) is 0 Å². The molecule has 1 N–H and O–H groups in total. The Hall–Kier alpha value is -3.78. The third-order valence-corrected chi connectivity index (χ3v) is 7.08. The van der Waals surface area contributed by atoms with Gasteiger partial charge in [-0.05, 0) is 41.8 Å². The van der Waals surface area contributed by atoms with Gasteiger partial charge in [0.1, 0.15) is 11.1 Å². The molecule has 2 aliphatic rings. The van der Waals surface area contributed by atoms with Crippen molar-refractivity contribution in [1.82, 2.24) is 5.01 Å². The fraction of sp³-hybridized carbons (Fsp3) is 0.185. The average molecular weight is 487 g/mol. The number of thioether (sulfide) groups is 1. The largest absolute Gasteiger partial charge is 0.326 e. The summed E-state index contributed by atoms with van der Waals surface area (Å²) < 4.78 is 13.5. The van der Waals surface area contributed by atoms with Gasteiger partial charge in [0.25, 0.3) is 5.91 Å². The SMILES string of the molecule is Cc1cc(NC(=O)C[C@@H]2SC(N3N=C(c4ccccc4)C[C@@H]3c3ccccc3)=NC2=O)ccc1F. The number of anilines is 1. The van der Waals surface area contributed by atoms with Crippen molar-refractivity contribution in [1.29, 1.82) is 0 Å². The first-order valence-corrected chi connectivity index (χ1v) is 12.2. The van der Waals surface area contributed by atoms with Crippen LogP contribution in [0.15, 0.2) is 89.0 Å². The molecule has 3 aromatic carbocycles. The molecule has 0 fully saturated rings. The van der Waals surface area contributed by atoms with E-state index in [1.54, 1.807) is 13.0 Å². The monoisotopic (exact) mass is 486 g/mol. The quantitative estimate of drug-likeness (QED) is 0.530. The Labute approximate surface area is 207 Å². The first kappa shape index (κ1) is 23.0. The molecule has 0 aliphatic carbocycles. The summed E-state index contributed by atoms with van der Waals surface area (Å²) in [6.45, 7) is 1.63. The standard InChI is InChI=1S/C27H23FN4O2S/c1-17-14-20(12-13-21(17)28)29-25(33)16-24-26(34)30-27(35-24)32-23(19-10-6-3-7-11-19)15-22(31-32)18-8-4-2-5-9-18/h2-14,23-24H,15-16H2,1H3,(H,29,33)/t23-,24+/m1/s1. The maximum atomic E-state index is 13.5. The Morgan fingerprint density at radius 2 is 1.80 bits per heavy atom. The topological polar surface area (TPSA) is 74.1 Å². The van der Waals surface area contributed by atoms with Gasteiger partial charge >= 0.3 is 0 Å². The van der Waals surface area contributed by atoms with Crippen LogP contribution in [-0.2, 0) is 9.59 Å². The van der Waals surface area contributed by atoms with Crippen molar-refractivity contribution in [2.75, 3.05) is 5.32 Å². The molecule has 0 saturated carbocycles. The zero-order chi connectivity index (χ0) is 24.4. The molecule has 0 unspecified atom stereocenters. The maximum Gasteiger partial charge on any atom is 0.262 e. The minimum absolute atomic E-state index is 0.0357. The molecule has 8 heteroatoms. The highest BCUT2D eigenvalue weighted by Crippen LogP contribution is 2.38. The number of carbonyl (C=O) groups excluding carboxylic acids is 2. The minimum atomic E-state index is -0.640. The summed E-state index contributed by atoms with van der Waals surface area (Å²) in [6.07, 6.45) is 0.642. The van der Waals surface area contributed by atoms with Gasteiger partial charge in [0.2, 0.25) is 5.91 Å². The van der Waals surface area contributed by atoms with E-state index in [1.165, 1.54) is 23.9 Å². The van der Waals surface area contributed by atoms with Crippen molar-refractivity contribution in [3.05, 3.63) is 101 Å². The average Bonchev–Trinajstić information content (AvgIpc) is 3.47. The smallest absolute Gasteiger partial charge is 0.262 e. The van der Waals surface area contributed by atoms with Gasteiger partial charge in [-0.3, -0.25) is 9.59 Å². The molecular formula is C27H23FN4O2S. The van der Waals surface area contributed by atoms with Crippen molar-refractivity contribution >= 4 is 40.1 Å². The molecule has 0 bridgehead atoms. The maximum absolute atomic E-state index is 13.5. The predicted molar refractivity (Wildman–Crippen MR) is 137 cm³/mol. The van der Waals surface area contributed by atoms with Gasteiger partial charge < -0.3 is 5.32 Å². The van der Waals surface area contributed by atoms with Gasteiger partial charge in [0.05, 0.1) is 11.8 Å². The summed E-state index contributed by atoms with van der Waals surface area (Å²) in [5.74, 6) is -1.02. The molecule has 2 amide bonds. The number of carbonyl (C=O) groups is 2. The van der Waals surface area contributed by atoms with Gasteiger partial charge in [0, 0.05) is 18.5 Å². The molecule has 2 heterocycles. The van der Waals surface area contributed by atoms with Crippen LogP contribution in [-0.4, -0.2) is 33.0 Å². The highest BCUT2D eigenvalue weighted by molar-refractivity contribution is 8.15. The summed E-state index contributed by atoms with van der Waals surface area (Å²) in [5.41, 5.74) is 3.95. The number of amidine groups is 1. The Morgan fingerprint density at radius 1 is 1.09 bits per heavy atom. The number of aliphatic imine (C=N–C) groups is 1.